The molecule has 0 fully saturated rings. The first-order chi connectivity index (χ1) is 15.1. The van der Waals surface area contributed by atoms with Crippen LogP contribution in [0.5, 0.6) is 0 Å². The van der Waals surface area contributed by atoms with Gasteiger partial charge >= 0.3 is 5.97 Å². The maximum atomic E-state index is 14.4. The molecule has 2 atom stereocenters. The molecule has 1 aromatic carbocycles. The molecule has 2 amide bonds. The average molecular weight is 501 g/mol. The second kappa shape index (κ2) is 13.2. The fourth-order valence-corrected chi connectivity index (χ4v) is 3.39. The van der Waals surface area contributed by atoms with Gasteiger partial charge in [-0.05, 0) is 30.0 Å². The number of hydrogen-bond acceptors (Lipinski definition) is 6. The van der Waals surface area contributed by atoms with Gasteiger partial charge in [-0.3, -0.25) is 19.0 Å². The number of hydrogen-bond donors (Lipinski definition) is 2. The third kappa shape index (κ3) is 8.38. The molecule has 182 valence electrons. The number of nitrogens with zero attached hydrogens (tertiary/aromatic N) is 2. The summed E-state index contributed by atoms with van der Waals surface area (Å²) in [7, 11) is 0. The lowest BCUT2D eigenvalue weighted by Gasteiger charge is -2.16. The van der Waals surface area contributed by atoms with Crippen molar-refractivity contribution in [3.8, 4) is 0 Å². The number of rotatable bonds is 9. The molecule has 0 saturated carbocycles. The molecule has 0 aliphatic heterocycles. The Morgan fingerprint density at radius 3 is 2.58 bits per heavy atom. The molecule has 0 aliphatic rings. The van der Waals surface area contributed by atoms with Gasteiger partial charge in [0, 0.05) is 23.6 Å². The van der Waals surface area contributed by atoms with Crippen molar-refractivity contribution in [3.63, 3.8) is 0 Å². The zero-order chi connectivity index (χ0) is 23.8. The first-order valence-electron chi connectivity index (χ1n) is 10.4. The van der Waals surface area contributed by atoms with Crippen LogP contribution in [0.3, 0.4) is 0 Å². The van der Waals surface area contributed by atoms with E-state index in [2.05, 4.69) is 10.3 Å². The maximum Gasteiger partial charge on any atom is 0.324 e. The van der Waals surface area contributed by atoms with Crippen molar-refractivity contribution in [3.05, 3.63) is 46.0 Å². The molecule has 11 heteroatoms. The topological polar surface area (TPSA) is 116 Å². The summed E-state index contributed by atoms with van der Waals surface area (Å²) in [5.74, 6) is -2.11. The van der Waals surface area contributed by atoms with Crippen molar-refractivity contribution in [2.45, 2.75) is 53.3 Å². The number of aromatic nitrogens is 1. The van der Waals surface area contributed by atoms with E-state index in [1.165, 1.54) is 28.0 Å². The number of carbonyl (C=O) groups is 3. The zero-order valence-corrected chi connectivity index (χ0v) is 20.7. The summed E-state index contributed by atoms with van der Waals surface area (Å²) < 4.78 is 21.1. The van der Waals surface area contributed by atoms with E-state index >= 15 is 0 Å². The van der Waals surface area contributed by atoms with Crippen LogP contribution in [-0.4, -0.2) is 28.4 Å². The van der Waals surface area contributed by atoms with Gasteiger partial charge in [0.25, 0.3) is 5.91 Å². The van der Waals surface area contributed by atoms with E-state index in [4.69, 9.17) is 10.5 Å². The summed E-state index contributed by atoms with van der Waals surface area (Å²) in [6, 6.07) is 3.02. The number of nitrogens with one attached hydrogen (secondary N) is 1. The Labute approximate surface area is 202 Å². The number of nitrogens with two attached hydrogens (primary N) is 1. The molecule has 1 heterocycles. The monoisotopic (exact) mass is 500 g/mol. The first-order valence-corrected chi connectivity index (χ1v) is 11.2. The highest BCUT2D eigenvalue weighted by molar-refractivity contribution is 7.07. The molecule has 0 spiro atoms. The van der Waals surface area contributed by atoms with E-state index in [0.29, 0.717) is 0 Å². The number of thiazole rings is 1. The molecule has 1 aromatic heterocycles. The van der Waals surface area contributed by atoms with Crippen molar-refractivity contribution < 1.29 is 23.5 Å². The summed E-state index contributed by atoms with van der Waals surface area (Å²) in [4.78, 5) is 40.7. The molecule has 3 N–H and O–H groups in total. The van der Waals surface area contributed by atoms with E-state index in [0.717, 1.165) is 12.5 Å². The summed E-state index contributed by atoms with van der Waals surface area (Å²) in [5, 5.41) is 4.18. The van der Waals surface area contributed by atoms with Gasteiger partial charge in [0.05, 0.1) is 5.69 Å². The Kier molecular flexibility index (Phi) is 11.4. The summed E-state index contributed by atoms with van der Waals surface area (Å²) in [5.41, 5.74) is 5.90. The van der Waals surface area contributed by atoms with Crippen molar-refractivity contribution >= 4 is 47.2 Å². The Hall–Kier alpha value is -2.56. The van der Waals surface area contributed by atoms with Crippen LogP contribution in [0.1, 0.15) is 50.9 Å². The average Bonchev–Trinajstić information content (AvgIpc) is 3.18. The Morgan fingerprint density at radius 1 is 1.27 bits per heavy atom. The van der Waals surface area contributed by atoms with Gasteiger partial charge in [-0.25, -0.2) is 4.39 Å². The highest BCUT2D eigenvalue weighted by atomic mass is 35.5. The lowest BCUT2D eigenvalue weighted by atomic mass is 10.0. The number of esters is 1. The highest BCUT2D eigenvalue weighted by Crippen LogP contribution is 2.17. The summed E-state index contributed by atoms with van der Waals surface area (Å²) in [6.45, 7) is 7.42. The van der Waals surface area contributed by atoms with E-state index < -0.39 is 23.7 Å². The minimum Gasteiger partial charge on any atom is -0.443 e. The molecule has 2 aromatic rings. The van der Waals surface area contributed by atoms with Gasteiger partial charge in [-0.15, -0.1) is 23.7 Å². The first kappa shape index (κ1) is 28.5. The van der Waals surface area contributed by atoms with Crippen molar-refractivity contribution in [2.24, 2.45) is 22.6 Å². The fraction of sp³-hybridized carbons (Fsp3) is 0.455. The molecule has 0 bridgehead atoms. The van der Waals surface area contributed by atoms with E-state index in [1.54, 1.807) is 11.6 Å². The molecule has 0 unspecified atom stereocenters. The lowest BCUT2D eigenvalue weighted by molar-refractivity contribution is -0.150. The van der Waals surface area contributed by atoms with E-state index in [9.17, 15) is 18.8 Å². The molecule has 2 rings (SSSR count). The summed E-state index contributed by atoms with van der Waals surface area (Å²) in [6.07, 6.45) is 2.63. The van der Waals surface area contributed by atoms with Gasteiger partial charge in [0.1, 0.15) is 11.9 Å². The van der Waals surface area contributed by atoms with Crippen LogP contribution >= 0.6 is 23.7 Å². The van der Waals surface area contributed by atoms with Crippen LogP contribution in [0.15, 0.2) is 34.8 Å². The number of anilines is 1. The molecule has 33 heavy (non-hydrogen) atoms. The van der Waals surface area contributed by atoms with Crippen molar-refractivity contribution in [1.29, 1.82) is 0 Å². The van der Waals surface area contributed by atoms with Crippen LogP contribution < -0.4 is 15.9 Å². The molecular weight excluding hydrogens is 471 g/mol. The number of halogens is 2. The fourth-order valence-electron chi connectivity index (χ4n) is 2.67. The number of benzene rings is 1. The third-order valence-corrected chi connectivity index (χ3v) is 5.61. The second-order valence-corrected chi connectivity index (χ2v) is 8.79. The highest BCUT2D eigenvalue weighted by Gasteiger charge is 2.21. The van der Waals surface area contributed by atoms with Crippen LogP contribution in [0.2, 0.25) is 0 Å². The predicted octanol–water partition coefficient (Wildman–Crippen LogP) is 3.71. The normalized spacial score (nSPS) is 13.2. The van der Waals surface area contributed by atoms with Gasteiger partial charge in [0.2, 0.25) is 5.91 Å². The molecule has 0 aliphatic carbocycles. The lowest BCUT2D eigenvalue weighted by Crippen LogP contribution is -2.38. The molecular formula is C22H30ClFN4O4S. The quantitative estimate of drug-likeness (QED) is 0.509. The van der Waals surface area contributed by atoms with Crippen LogP contribution in [0.4, 0.5) is 10.1 Å². The van der Waals surface area contributed by atoms with E-state index in [1.807, 2.05) is 27.7 Å². The molecule has 8 nitrogen and oxygen atoms in total. The number of ether oxygens (including phenoxy) is 1. The standard InChI is InChI=1S/C22H29FN4O4S.ClH/c1-5-14(4)19(24)21(30)31-12-27-8-9-32-22(27)26-20(29)15-6-7-17(16(23)11-15)25-18(28)10-13(2)3;/h6-9,11,13-14,19H,5,10,12,24H2,1-4H3,(H,25,28);1H/t14-,19-;/m0./s1. The number of amides is 2. The van der Waals surface area contributed by atoms with Crippen LogP contribution in [0, 0.1) is 17.7 Å². The van der Waals surface area contributed by atoms with E-state index in [-0.39, 0.29) is 59.4 Å². The minimum absolute atomic E-state index is 0. The maximum absolute atomic E-state index is 14.4. The second-order valence-electron chi connectivity index (χ2n) is 7.92. The van der Waals surface area contributed by atoms with Gasteiger partial charge in [-0.2, -0.15) is 4.99 Å². The SMILES string of the molecule is CC[C@H](C)[C@H](N)C(=O)OCn1ccsc1=NC(=O)c1ccc(NC(=O)CC(C)C)c(F)c1.Cl. The van der Waals surface area contributed by atoms with Gasteiger partial charge < -0.3 is 15.8 Å². The van der Waals surface area contributed by atoms with Crippen molar-refractivity contribution in [1.82, 2.24) is 4.57 Å². The van der Waals surface area contributed by atoms with Gasteiger partial charge in [0.15, 0.2) is 11.5 Å². The Morgan fingerprint density at radius 2 is 1.97 bits per heavy atom. The molecule has 0 radical (unpaired) electrons. The smallest absolute Gasteiger partial charge is 0.324 e. The third-order valence-electron chi connectivity index (χ3n) is 4.82. The number of carbonyl (C=O) groups excluding carboxylic acids is 3. The predicted molar refractivity (Wildman–Crippen MR) is 127 cm³/mol. The molecule has 0 saturated heterocycles. The van der Waals surface area contributed by atoms with Gasteiger partial charge in [-0.1, -0.05) is 34.1 Å². The van der Waals surface area contributed by atoms with Crippen LogP contribution in [0.25, 0.3) is 0 Å². The largest absolute Gasteiger partial charge is 0.443 e. The van der Waals surface area contributed by atoms with Crippen LogP contribution in [-0.2, 0) is 21.1 Å². The summed E-state index contributed by atoms with van der Waals surface area (Å²) >= 11 is 1.17. The van der Waals surface area contributed by atoms with Crippen molar-refractivity contribution in [2.75, 3.05) is 5.32 Å². The Bertz CT molecular complexity index is 1040. The minimum atomic E-state index is -0.733. The Balaban J connectivity index is 0.00000544. The zero-order valence-electron chi connectivity index (χ0n) is 19.0.